The summed E-state index contributed by atoms with van der Waals surface area (Å²) in [6.07, 6.45) is 6.84. The van der Waals surface area contributed by atoms with Crippen LogP contribution in [0.15, 0.2) is 58.1 Å². The van der Waals surface area contributed by atoms with Gasteiger partial charge in [0.05, 0.1) is 30.2 Å². The van der Waals surface area contributed by atoms with Crippen molar-refractivity contribution in [2.75, 3.05) is 6.61 Å². The molecule has 1 aliphatic heterocycles. The number of hydrazone groups is 1. The first-order valence-electron chi connectivity index (χ1n) is 11.0. The lowest BCUT2D eigenvalue weighted by molar-refractivity contribution is -0.140. The van der Waals surface area contributed by atoms with Gasteiger partial charge >= 0.3 is 5.97 Å². The minimum Gasteiger partial charge on any atom is -0.462 e. The minimum atomic E-state index is -0.368. The molecule has 1 aromatic heterocycles. The van der Waals surface area contributed by atoms with Gasteiger partial charge in [0.2, 0.25) is 0 Å². The normalized spacial score (nSPS) is 31.8. The lowest BCUT2D eigenvalue weighted by Crippen LogP contribution is -2.40. The molecule has 7 nitrogen and oxygen atoms in total. The zero-order valence-electron chi connectivity index (χ0n) is 17.5. The van der Waals surface area contributed by atoms with Crippen molar-refractivity contribution in [1.82, 2.24) is 5.01 Å². The fraction of sp³-hybridized carbons (Fsp3) is 0.360. The third-order valence-corrected chi connectivity index (χ3v) is 7.25. The number of allylic oxidation sites excluding steroid dienone is 2. The van der Waals surface area contributed by atoms with Crippen molar-refractivity contribution in [1.29, 1.82) is 0 Å². The van der Waals surface area contributed by atoms with Crippen LogP contribution in [-0.4, -0.2) is 35.6 Å². The van der Waals surface area contributed by atoms with Crippen LogP contribution in [0.4, 0.5) is 0 Å². The summed E-state index contributed by atoms with van der Waals surface area (Å²) in [6.45, 7) is 2.09. The maximum Gasteiger partial charge on any atom is 0.338 e. The van der Waals surface area contributed by atoms with Gasteiger partial charge in [-0.1, -0.05) is 24.3 Å². The summed E-state index contributed by atoms with van der Waals surface area (Å²) in [5, 5.41) is 5.25. The van der Waals surface area contributed by atoms with Crippen molar-refractivity contribution < 1.29 is 23.5 Å². The number of benzene rings is 1. The summed E-state index contributed by atoms with van der Waals surface area (Å²) in [7, 11) is 0. The molecule has 2 aromatic rings. The molecule has 162 valence electrons. The second kappa shape index (κ2) is 7.02. The van der Waals surface area contributed by atoms with Crippen LogP contribution in [0.25, 0.3) is 11.3 Å². The number of imide groups is 1. The van der Waals surface area contributed by atoms with Crippen molar-refractivity contribution in [2.45, 2.75) is 13.3 Å². The van der Waals surface area contributed by atoms with Crippen LogP contribution < -0.4 is 0 Å². The minimum absolute atomic E-state index is 0.180. The first-order valence-corrected chi connectivity index (χ1v) is 11.0. The highest BCUT2D eigenvalue weighted by atomic mass is 16.5. The summed E-state index contributed by atoms with van der Waals surface area (Å²) in [5.41, 5.74) is 1.26. The Labute approximate surface area is 184 Å². The number of amides is 2. The Balaban J connectivity index is 1.18. The van der Waals surface area contributed by atoms with E-state index < -0.39 is 0 Å². The van der Waals surface area contributed by atoms with E-state index in [-0.39, 0.29) is 41.5 Å². The molecule has 7 heteroatoms. The maximum absolute atomic E-state index is 13.0. The van der Waals surface area contributed by atoms with Gasteiger partial charge in [-0.15, -0.1) is 0 Å². The first-order chi connectivity index (χ1) is 15.6. The Hall–Kier alpha value is -3.48. The van der Waals surface area contributed by atoms with E-state index in [0.717, 1.165) is 17.0 Å². The Morgan fingerprint density at radius 3 is 2.34 bits per heavy atom. The smallest absolute Gasteiger partial charge is 0.338 e. The molecule has 4 aliphatic carbocycles. The van der Waals surface area contributed by atoms with Crippen LogP contribution in [0.3, 0.4) is 0 Å². The summed E-state index contributed by atoms with van der Waals surface area (Å²) in [4.78, 5) is 37.7. The average Bonchev–Trinajstić information content (AvgIpc) is 3.45. The number of rotatable bonds is 5. The Kier molecular flexibility index (Phi) is 4.22. The van der Waals surface area contributed by atoms with E-state index in [0.29, 0.717) is 35.5 Å². The predicted molar refractivity (Wildman–Crippen MR) is 114 cm³/mol. The zero-order valence-corrected chi connectivity index (χ0v) is 17.5. The molecule has 1 aromatic carbocycles. The lowest BCUT2D eigenvalue weighted by atomic mass is 9.63. The van der Waals surface area contributed by atoms with Crippen molar-refractivity contribution in [3.05, 3.63) is 59.9 Å². The number of hydrogen-bond donors (Lipinski definition) is 0. The van der Waals surface area contributed by atoms with Crippen LogP contribution in [0, 0.1) is 35.5 Å². The van der Waals surface area contributed by atoms with Gasteiger partial charge in [0, 0.05) is 5.56 Å². The van der Waals surface area contributed by atoms with Gasteiger partial charge in [-0.25, -0.2) is 4.79 Å². The number of hydrogen-bond acceptors (Lipinski definition) is 6. The summed E-state index contributed by atoms with van der Waals surface area (Å²) in [6, 6.07) is 10.4. The zero-order chi connectivity index (χ0) is 22.0. The fourth-order valence-corrected chi connectivity index (χ4v) is 5.73. The number of furan rings is 1. The maximum atomic E-state index is 13.0. The van der Waals surface area contributed by atoms with Crippen molar-refractivity contribution in [3.8, 4) is 11.3 Å². The highest BCUT2D eigenvalue weighted by Gasteiger charge is 2.67. The summed E-state index contributed by atoms with van der Waals surface area (Å²) >= 11 is 0. The van der Waals surface area contributed by atoms with Crippen molar-refractivity contribution in [3.63, 3.8) is 0 Å². The highest BCUT2D eigenvalue weighted by molar-refractivity contribution is 6.06. The third-order valence-electron chi connectivity index (χ3n) is 7.25. The van der Waals surface area contributed by atoms with E-state index in [1.807, 2.05) is 0 Å². The number of carbonyl (C=O) groups is 3. The molecule has 0 N–H and O–H groups in total. The third kappa shape index (κ3) is 2.80. The van der Waals surface area contributed by atoms with E-state index in [1.54, 1.807) is 43.3 Å². The van der Waals surface area contributed by atoms with Crippen LogP contribution in [0.2, 0.25) is 0 Å². The second-order valence-corrected chi connectivity index (χ2v) is 8.89. The van der Waals surface area contributed by atoms with Crippen LogP contribution in [0.5, 0.6) is 0 Å². The molecular formula is C25H22N2O5. The molecule has 2 amide bonds. The average molecular weight is 430 g/mol. The number of nitrogens with zero attached hydrogens (tertiary/aromatic N) is 2. The predicted octanol–water partition coefficient (Wildman–Crippen LogP) is 3.51. The fourth-order valence-electron chi connectivity index (χ4n) is 5.73. The molecule has 1 saturated heterocycles. The lowest BCUT2D eigenvalue weighted by Gasteiger charge is -2.37. The molecule has 7 rings (SSSR count). The monoisotopic (exact) mass is 430 g/mol. The van der Waals surface area contributed by atoms with Crippen LogP contribution >= 0.6 is 0 Å². The van der Waals surface area contributed by atoms with Gasteiger partial charge in [0.1, 0.15) is 11.5 Å². The van der Waals surface area contributed by atoms with Gasteiger partial charge in [0.15, 0.2) is 0 Å². The summed E-state index contributed by atoms with van der Waals surface area (Å²) in [5.74, 6) is 1.25. The van der Waals surface area contributed by atoms with E-state index in [9.17, 15) is 14.4 Å². The van der Waals surface area contributed by atoms with E-state index in [4.69, 9.17) is 9.15 Å². The number of ether oxygens (including phenoxy) is 1. The quantitative estimate of drug-likeness (QED) is 0.313. The summed E-state index contributed by atoms with van der Waals surface area (Å²) < 4.78 is 10.8. The second-order valence-electron chi connectivity index (χ2n) is 8.89. The topological polar surface area (TPSA) is 89.2 Å². The van der Waals surface area contributed by atoms with Gasteiger partial charge in [-0.05, 0) is 61.3 Å². The van der Waals surface area contributed by atoms with E-state index in [1.165, 1.54) is 6.21 Å². The molecule has 5 aliphatic rings. The molecule has 6 atom stereocenters. The molecule has 0 spiro atoms. The largest absolute Gasteiger partial charge is 0.462 e. The first kappa shape index (κ1) is 19.2. The molecule has 32 heavy (non-hydrogen) atoms. The Bertz CT molecular complexity index is 1140. The van der Waals surface area contributed by atoms with Crippen LogP contribution in [-0.2, 0) is 14.3 Å². The Morgan fingerprint density at radius 1 is 1.06 bits per heavy atom. The molecule has 0 unspecified atom stereocenters. The van der Waals surface area contributed by atoms with Crippen LogP contribution in [0.1, 0.15) is 29.5 Å². The van der Waals surface area contributed by atoms with Crippen molar-refractivity contribution >= 4 is 24.0 Å². The molecule has 2 bridgehead atoms. The van der Waals surface area contributed by atoms with E-state index >= 15 is 0 Å². The van der Waals surface area contributed by atoms with Gasteiger partial charge < -0.3 is 9.15 Å². The number of esters is 1. The molecule has 2 heterocycles. The highest BCUT2D eigenvalue weighted by Crippen LogP contribution is 2.65. The van der Waals surface area contributed by atoms with Gasteiger partial charge in [-0.2, -0.15) is 10.1 Å². The van der Waals surface area contributed by atoms with Gasteiger partial charge in [0.25, 0.3) is 11.8 Å². The molecule has 3 fully saturated rings. The number of carbonyl (C=O) groups excluding carboxylic acids is 3. The SMILES string of the molecule is CCOC(=O)c1ccc(-c2ccc(/C=N\N3C(=O)[C@@H]4[C@@H]5C=C[C@H]([C@H]6C[C@H]56)[C@@H]4C3=O)o2)cc1. The standard InChI is InChI=1S/C25H22N2O5/c1-2-31-25(30)14-5-3-13(4-6-14)20-10-7-15(32-20)12-26-27-23(28)21-16-8-9-17(19-11-18(16)19)22(21)24(27)29/h3-10,12,16-19,21-22H,2,11H2,1H3/b26-12-/t16-,17-,18-,19-,21-,22+/m1/s1. The molecule has 2 saturated carbocycles. The van der Waals surface area contributed by atoms with E-state index in [2.05, 4.69) is 17.3 Å². The Morgan fingerprint density at radius 2 is 1.72 bits per heavy atom. The molecular weight excluding hydrogens is 408 g/mol. The van der Waals surface area contributed by atoms with Gasteiger partial charge in [-0.3, -0.25) is 9.59 Å². The molecule has 0 radical (unpaired) electrons. The van der Waals surface area contributed by atoms with Crippen molar-refractivity contribution in [2.24, 2.45) is 40.6 Å².